The summed E-state index contributed by atoms with van der Waals surface area (Å²) < 4.78 is 24.2. The Labute approximate surface area is 118 Å². The minimum absolute atomic E-state index is 0.126. The molecule has 1 amide bonds. The van der Waals surface area contributed by atoms with Crippen LogP contribution in [0.3, 0.4) is 0 Å². The number of carbonyl (C=O) groups excluding carboxylic acids is 1. The van der Waals surface area contributed by atoms with Crippen molar-refractivity contribution >= 4 is 27.1 Å². The van der Waals surface area contributed by atoms with Crippen molar-refractivity contribution in [3.8, 4) is 0 Å². The predicted octanol–water partition coefficient (Wildman–Crippen LogP) is 1.13. The molecule has 1 atom stereocenters. The SMILES string of the molecule is Nc1cccc2c1CCN2C(=O)C1CCCCS1(=O)=O. The third-order valence-corrected chi connectivity index (χ3v) is 6.35. The minimum atomic E-state index is -3.30. The number of sulfone groups is 1. The van der Waals surface area contributed by atoms with Crippen LogP contribution in [0.5, 0.6) is 0 Å². The highest BCUT2D eigenvalue weighted by molar-refractivity contribution is 7.92. The molecule has 1 aromatic rings. The fourth-order valence-corrected chi connectivity index (χ4v) is 4.95. The quantitative estimate of drug-likeness (QED) is 0.787. The molecule has 0 spiro atoms. The Morgan fingerprint density at radius 2 is 2.10 bits per heavy atom. The van der Waals surface area contributed by atoms with Gasteiger partial charge in [0.25, 0.3) is 0 Å². The lowest BCUT2D eigenvalue weighted by atomic mass is 10.1. The van der Waals surface area contributed by atoms with Gasteiger partial charge in [-0.25, -0.2) is 8.42 Å². The molecule has 20 heavy (non-hydrogen) atoms. The standard InChI is InChI=1S/C14H18N2O3S/c15-11-4-3-5-12-10(11)7-8-16(12)14(17)13-6-1-2-9-20(13,18)19/h3-5,13H,1-2,6-9,15H2. The van der Waals surface area contributed by atoms with Crippen LogP contribution in [0.25, 0.3) is 0 Å². The molecule has 5 nitrogen and oxygen atoms in total. The number of nitrogens with two attached hydrogens (primary N) is 1. The second-order valence-corrected chi connectivity index (χ2v) is 7.74. The average molecular weight is 294 g/mol. The summed E-state index contributed by atoms with van der Waals surface area (Å²) in [5, 5.41) is -0.872. The van der Waals surface area contributed by atoms with E-state index in [2.05, 4.69) is 0 Å². The molecule has 1 saturated heterocycles. The van der Waals surface area contributed by atoms with E-state index in [1.807, 2.05) is 12.1 Å². The summed E-state index contributed by atoms with van der Waals surface area (Å²) in [5.41, 5.74) is 8.31. The van der Waals surface area contributed by atoms with Crippen LogP contribution < -0.4 is 10.6 Å². The van der Waals surface area contributed by atoms with Crippen LogP contribution in [0.15, 0.2) is 18.2 Å². The monoisotopic (exact) mass is 294 g/mol. The molecule has 2 heterocycles. The first-order chi connectivity index (χ1) is 9.50. The van der Waals surface area contributed by atoms with Crippen molar-refractivity contribution in [2.75, 3.05) is 22.9 Å². The number of nitrogens with zero attached hydrogens (tertiary/aromatic N) is 1. The molecule has 3 rings (SSSR count). The lowest BCUT2D eigenvalue weighted by Gasteiger charge is -2.26. The van der Waals surface area contributed by atoms with E-state index >= 15 is 0 Å². The van der Waals surface area contributed by atoms with Crippen molar-refractivity contribution in [3.05, 3.63) is 23.8 Å². The first kappa shape index (κ1) is 13.4. The van der Waals surface area contributed by atoms with Gasteiger partial charge >= 0.3 is 0 Å². The molecule has 0 radical (unpaired) electrons. The van der Waals surface area contributed by atoms with E-state index in [1.165, 1.54) is 0 Å². The largest absolute Gasteiger partial charge is 0.398 e. The Balaban J connectivity index is 1.92. The number of rotatable bonds is 1. The van der Waals surface area contributed by atoms with Gasteiger partial charge in [-0.3, -0.25) is 4.79 Å². The Morgan fingerprint density at radius 1 is 1.30 bits per heavy atom. The zero-order valence-corrected chi connectivity index (χ0v) is 12.0. The Kier molecular flexibility index (Phi) is 3.20. The number of benzene rings is 1. The van der Waals surface area contributed by atoms with Crippen molar-refractivity contribution < 1.29 is 13.2 Å². The maximum Gasteiger partial charge on any atom is 0.245 e. The third kappa shape index (κ3) is 2.08. The summed E-state index contributed by atoms with van der Waals surface area (Å²) in [4.78, 5) is 14.2. The van der Waals surface area contributed by atoms with E-state index in [0.717, 1.165) is 17.7 Å². The van der Waals surface area contributed by atoms with Crippen LogP contribution >= 0.6 is 0 Å². The summed E-state index contributed by atoms with van der Waals surface area (Å²) >= 11 is 0. The number of hydrogen-bond donors (Lipinski definition) is 1. The second-order valence-electron chi connectivity index (χ2n) is 5.44. The normalized spacial score (nSPS) is 24.4. The number of fused-ring (bicyclic) bond motifs is 1. The molecule has 108 valence electrons. The maximum atomic E-state index is 12.6. The average Bonchev–Trinajstić information content (AvgIpc) is 2.83. The van der Waals surface area contributed by atoms with Crippen molar-refractivity contribution in [2.45, 2.75) is 30.9 Å². The van der Waals surface area contributed by atoms with Gasteiger partial charge in [-0.2, -0.15) is 0 Å². The molecule has 1 aromatic carbocycles. The van der Waals surface area contributed by atoms with Crippen molar-refractivity contribution in [1.29, 1.82) is 0 Å². The van der Waals surface area contributed by atoms with Gasteiger partial charge in [-0.05, 0) is 31.4 Å². The predicted molar refractivity (Wildman–Crippen MR) is 78.3 cm³/mol. The molecule has 6 heteroatoms. The van der Waals surface area contributed by atoms with E-state index in [1.54, 1.807) is 11.0 Å². The topological polar surface area (TPSA) is 80.5 Å². The maximum absolute atomic E-state index is 12.6. The molecule has 2 N–H and O–H groups in total. The van der Waals surface area contributed by atoms with Crippen LogP contribution in [0.2, 0.25) is 0 Å². The summed E-state index contributed by atoms with van der Waals surface area (Å²) in [5.74, 6) is -0.157. The first-order valence-corrected chi connectivity index (χ1v) is 8.62. The van der Waals surface area contributed by atoms with Gasteiger partial charge in [0.15, 0.2) is 9.84 Å². The minimum Gasteiger partial charge on any atom is -0.398 e. The number of amides is 1. The summed E-state index contributed by atoms with van der Waals surface area (Å²) in [6.45, 7) is 0.522. The highest BCUT2D eigenvalue weighted by atomic mass is 32.2. The smallest absolute Gasteiger partial charge is 0.245 e. The highest BCUT2D eigenvalue weighted by Gasteiger charge is 2.39. The lowest BCUT2D eigenvalue weighted by Crippen LogP contribution is -2.44. The summed E-state index contributed by atoms with van der Waals surface area (Å²) in [6.07, 6.45) is 2.60. The number of carbonyl (C=O) groups is 1. The van der Waals surface area contributed by atoms with Crippen molar-refractivity contribution in [2.24, 2.45) is 0 Å². The molecular weight excluding hydrogens is 276 g/mol. The van der Waals surface area contributed by atoms with Gasteiger partial charge < -0.3 is 10.6 Å². The van der Waals surface area contributed by atoms with Gasteiger partial charge in [0.1, 0.15) is 5.25 Å². The van der Waals surface area contributed by atoms with Gasteiger partial charge in [0.05, 0.1) is 5.75 Å². The van der Waals surface area contributed by atoms with E-state index in [0.29, 0.717) is 31.5 Å². The molecule has 0 aliphatic carbocycles. The van der Waals surface area contributed by atoms with E-state index < -0.39 is 15.1 Å². The fraction of sp³-hybridized carbons (Fsp3) is 0.500. The Morgan fingerprint density at radius 3 is 2.85 bits per heavy atom. The van der Waals surface area contributed by atoms with Gasteiger partial charge in [-0.1, -0.05) is 12.5 Å². The van der Waals surface area contributed by atoms with Crippen LogP contribution in [0.4, 0.5) is 11.4 Å². The van der Waals surface area contributed by atoms with Crippen LogP contribution in [0.1, 0.15) is 24.8 Å². The Hall–Kier alpha value is -1.56. The fourth-order valence-electron chi connectivity index (χ4n) is 3.10. The molecule has 2 aliphatic rings. The lowest BCUT2D eigenvalue weighted by molar-refractivity contribution is -0.118. The molecule has 0 bridgehead atoms. The zero-order chi connectivity index (χ0) is 14.3. The third-order valence-electron chi connectivity index (χ3n) is 4.18. The van der Waals surface area contributed by atoms with Crippen molar-refractivity contribution in [3.63, 3.8) is 0 Å². The summed E-state index contributed by atoms with van der Waals surface area (Å²) in [7, 11) is -3.30. The molecular formula is C14H18N2O3S. The van der Waals surface area contributed by atoms with Gasteiger partial charge in [0, 0.05) is 23.5 Å². The zero-order valence-electron chi connectivity index (χ0n) is 11.2. The molecule has 0 aromatic heterocycles. The van der Waals surface area contributed by atoms with Crippen LogP contribution in [-0.2, 0) is 21.1 Å². The summed E-state index contributed by atoms with van der Waals surface area (Å²) in [6, 6.07) is 5.45. The van der Waals surface area contributed by atoms with Crippen molar-refractivity contribution in [1.82, 2.24) is 0 Å². The van der Waals surface area contributed by atoms with Crippen LogP contribution in [-0.4, -0.2) is 31.9 Å². The second kappa shape index (κ2) is 4.77. The van der Waals surface area contributed by atoms with Gasteiger partial charge in [0.2, 0.25) is 5.91 Å². The number of nitrogen functional groups attached to an aromatic ring is 1. The molecule has 1 fully saturated rings. The molecule has 2 aliphatic heterocycles. The highest BCUT2D eigenvalue weighted by Crippen LogP contribution is 2.34. The van der Waals surface area contributed by atoms with Gasteiger partial charge in [-0.15, -0.1) is 0 Å². The Bertz CT molecular complexity index is 654. The van der Waals surface area contributed by atoms with E-state index in [4.69, 9.17) is 5.73 Å². The molecule has 0 saturated carbocycles. The van der Waals surface area contributed by atoms with E-state index in [9.17, 15) is 13.2 Å². The molecule has 1 unspecified atom stereocenters. The van der Waals surface area contributed by atoms with Crippen LogP contribution in [0, 0.1) is 0 Å². The number of hydrogen-bond acceptors (Lipinski definition) is 4. The van der Waals surface area contributed by atoms with E-state index in [-0.39, 0.29) is 11.7 Å². The first-order valence-electron chi connectivity index (χ1n) is 6.91. The number of anilines is 2.